The lowest BCUT2D eigenvalue weighted by Crippen LogP contribution is -2.03. The van der Waals surface area contributed by atoms with E-state index in [1.165, 1.54) is 16.7 Å². The average molecular weight is 306 g/mol. The fourth-order valence-corrected chi connectivity index (χ4v) is 2.46. The minimum atomic E-state index is 0.534. The summed E-state index contributed by atoms with van der Waals surface area (Å²) in [6, 6.07) is 10.0. The van der Waals surface area contributed by atoms with Crippen LogP contribution in [0.25, 0.3) is 0 Å². The second kappa shape index (κ2) is 6.72. The van der Waals surface area contributed by atoms with Gasteiger partial charge in [-0.05, 0) is 25.0 Å². The summed E-state index contributed by atoms with van der Waals surface area (Å²) < 4.78 is 10.6. The molecule has 2 rings (SSSR count). The maximum atomic E-state index is 6.11. The van der Waals surface area contributed by atoms with Gasteiger partial charge in [0.15, 0.2) is 0 Å². The molecular formula is C17H20ClNO2. The van der Waals surface area contributed by atoms with Gasteiger partial charge < -0.3 is 14.8 Å². The van der Waals surface area contributed by atoms with Crippen molar-refractivity contribution in [1.29, 1.82) is 0 Å². The second-order valence-corrected chi connectivity index (χ2v) is 5.38. The van der Waals surface area contributed by atoms with Crippen LogP contribution in [0.1, 0.15) is 16.7 Å². The molecule has 0 radical (unpaired) electrons. The maximum Gasteiger partial charge on any atom is 0.143 e. The molecule has 0 aliphatic carbocycles. The molecule has 0 unspecified atom stereocenters. The highest BCUT2D eigenvalue weighted by Crippen LogP contribution is 2.36. The van der Waals surface area contributed by atoms with Crippen molar-refractivity contribution in [3.8, 4) is 11.5 Å². The molecule has 0 heterocycles. The number of hydrogen-bond acceptors (Lipinski definition) is 3. The van der Waals surface area contributed by atoms with Crippen molar-refractivity contribution < 1.29 is 9.47 Å². The largest absolute Gasteiger partial charge is 0.495 e. The monoisotopic (exact) mass is 305 g/mol. The SMILES string of the molecule is COc1cc(NCc2ccc(C)cc2C)c(OC)cc1Cl. The van der Waals surface area contributed by atoms with Gasteiger partial charge >= 0.3 is 0 Å². The Morgan fingerprint density at radius 1 is 1.00 bits per heavy atom. The van der Waals surface area contributed by atoms with E-state index in [0.29, 0.717) is 23.1 Å². The summed E-state index contributed by atoms with van der Waals surface area (Å²) in [5, 5.41) is 3.91. The summed E-state index contributed by atoms with van der Waals surface area (Å²) in [6.45, 7) is 4.92. The highest BCUT2D eigenvalue weighted by molar-refractivity contribution is 6.32. The number of methoxy groups -OCH3 is 2. The molecule has 0 saturated heterocycles. The third-order valence-corrected chi connectivity index (χ3v) is 3.74. The minimum Gasteiger partial charge on any atom is -0.495 e. The first-order chi connectivity index (χ1) is 10.0. The summed E-state index contributed by atoms with van der Waals surface area (Å²) in [7, 11) is 3.22. The lowest BCUT2D eigenvalue weighted by Gasteiger charge is -2.15. The van der Waals surface area contributed by atoms with Gasteiger partial charge in [0, 0.05) is 18.7 Å². The number of rotatable bonds is 5. The van der Waals surface area contributed by atoms with E-state index in [2.05, 4.69) is 37.4 Å². The quantitative estimate of drug-likeness (QED) is 0.876. The first kappa shape index (κ1) is 15.5. The molecule has 0 amide bonds. The van der Waals surface area contributed by atoms with Gasteiger partial charge in [-0.3, -0.25) is 0 Å². The van der Waals surface area contributed by atoms with Gasteiger partial charge in [0.25, 0.3) is 0 Å². The van der Waals surface area contributed by atoms with Crippen molar-refractivity contribution in [2.45, 2.75) is 20.4 Å². The van der Waals surface area contributed by atoms with Crippen LogP contribution in [0, 0.1) is 13.8 Å². The molecule has 0 aromatic heterocycles. The van der Waals surface area contributed by atoms with Crippen LogP contribution in [-0.2, 0) is 6.54 Å². The Kier molecular flexibility index (Phi) is 4.97. The molecular weight excluding hydrogens is 286 g/mol. The Morgan fingerprint density at radius 2 is 1.71 bits per heavy atom. The fourth-order valence-electron chi connectivity index (χ4n) is 2.23. The standard InChI is InChI=1S/C17H20ClNO2/c1-11-5-6-13(12(2)7-11)10-19-15-9-16(20-3)14(18)8-17(15)21-4/h5-9,19H,10H2,1-4H3. The molecule has 0 spiro atoms. The Hall–Kier alpha value is -1.87. The van der Waals surface area contributed by atoms with Crippen molar-refractivity contribution in [2.75, 3.05) is 19.5 Å². The second-order valence-electron chi connectivity index (χ2n) is 4.97. The molecule has 0 fully saturated rings. The Morgan fingerprint density at radius 3 is 2.33 bits per heavy atom. The van der Waals surface area contributed by atoms with Crippen LogP contribution < -0.4 is 14.8 Å². The summed E-state index contributed by atoms with van der Waals surface area (Å²) >= 11 is 6.11. The molecule has 2 aromatic rings. The van der Waals surface area contributed by atoms with E-state index < -0.39 is 0 Å². The van der Waals surface area contributed by atoms with Gasteiger partial charge in [-0.2, -0.15) is 0 Å². The van der Waals surface area contributed by atoms with Crippen LogP contribution >= 0.6 is 11.6 Å². The van der Waals surface area contributed by atoms with Crippen LogP contribution in [0.4, 0.5) is 5.69 Å². The third-order valence-electron chi connectivity index (χ3n) is 3.44. The van der Waals surface area contributed by atoms with Crippen LogP contribution in [0.3, 0.4) is 0 Å². The van der Waals surface area contributed by atoms with E-state index in [1.54, 1.807) is 20.3 Å². The number of hydrogen-bond donors (Lipinski definition) is 1. The molecule has 2 aromatic carbocycles. The van der Waals surface area contributed by atoms with E-state index in [1.807, 2.05) is 6.07 Å². The molecule has 112 valence electrons. The van der Waals surface area contributed by atoms with Crippen LogP contribution in [0.2, 0.25) is 5.02 Å². The molecule has 3 nitrogen and oxygen atoms in total. The molecule has 1 N–H and O–H groups in total. The number of ether oxygens (including phenoxy) is 2. The number of aryl methyl sites for hydroxylation is 2. The average Bonchev–Trinajstić information content (AvgIpc) is 2.47. The van der Waals surface area contributed by atoms with Crippen LogP contribution in [0.15, 0.2) is 30.3 Å². The molecule has 0 saturated carbocycles. The highest BCUT2D eigenvalue weighted by Gasteiger charge is 2.10. The van der Waals surface area contributed by atoms with E-state index >= 15 is 0 Å². The zero-order valence-corrected chi connectivity index (χ0v) is 13.5. The molecule has 21 heavy (non-hydrogen) atoms. The zero-order chi connectivity index (χ0) is 15.4. The van der Waals surface area contributed by atoms with Crippen LogP contribution in [-0.4, -0.2) is 14.2 Å². The summed E-state index contributed by atoms with van der Waals surface area (Å²) in [5.41, 5.74) is 4.64. The molecule has 4 heteroatoms. The van der Waals surface area contributed by atoms with Crippen molar-refractivity contribution in [1.82, 2.24) is 0 Å². The predicted molar refractivity (Wildman–Crippen MR) is 87.8 cm³/mol. The molecule has 0 atom stereocenters. The van der Waals surface area contributed by atoms with Gasteiger partial charge in [-0.1, -0.05) is 35.4 Å². The number of halogens is 1. The first-order valence-corrected chi connectivity index (χ1v) is 7.14. The summed E-state index contributed by atoms with van der Waals surface area (Å²) in [4.78, 5) is 0. The fraction of sp³-hybridized carbons (Fsp3) is 0.294. The Balaban J connectivity index is 2.22. The smallest absolute Gasteiger partial charge is 0.143 e. The minimum absolute atomic E-state index is 0.534. The van der Waals surface area contributed by atoms with Crippen molar-refractivity contribution in [3.05, 3.63) is 52.0 Å². The van der Waals surface area contributed by atoms with Crippen molar-refractivity contribution in [3.63, 3.8) is 0 Å². The topological polar surface area (TPSA) is 30.5 Å². The van der Waals surface area contributed by atoms with Crippen molar-refractivity contribution >= 4 is 17.3 Å². The van der Waals surface area contributed by atoms with Gasteiger partial charge in [0.1, 0.15) is 11.5 Å². The summed E-state index contributed by atoms with van der Waals surface area (Å²) in [6.07, 6.45) is 0. The molecule has 0 aliphatic heterocycles. The number of benzene rings is 2. The van der Waals surface area contributed by atoms with E-state index in [9.17, 15) is 0 Å². The maximum absolute atomic E-state index is 6.11. The third kappa shape index (κ3) is 3.61. The normalized spacial score (nSPS) is 10.3. The van der Waals surface area contributed by atoms with E-state index in [0.717, 1.165) is 5.69 Å². The lowest BCUT2D eigenvalue weighted by atomic mass is 10.1. The Labute approximate surface area is 130 Å². The van der Waals surface area contributed by atoms with Crippen molar-refractivity contribution in [2.24, 2.45) is 0 Å². The summed E-state index contributed by atoms with van der Waals surface area (Å²) in [5.74, 6) is 1.33. The lowest BCUT2D eigenvalue weighted by molar-refractivity contribution is 0.404. The number of anilines is 1. The Bertz CT molecular complexity index is 641. The highest BCUT2D eigenvalue weighted by atomic mass is 35.5. The van der Waals surface area contributed by atoms with Gasteiger partial charge in [0.2, 0.25) is 0 Å². The first-order valence-electron chi connectivity index (χ1n) is 6.76. The molecule has 0 aliphatic rings. The van der Waals surface area contributed by atoms with E-state index in [4.69, 9.17) is 21.1 Å². The number of nitrogens with one attached hydrogen (secondary N) is 1. The molecule has 0 bridgehead atoms. The van der Waals surface area contributed by atoms with Gasteiger partial charge in [-0.25, -0.2) is 0 Å². The van der Waals surface area contributed by atoms with Gasteiger partial charge in [0.05, 0.1) is 24.9 Å². The van der Waals surface area contributed by atoms with Crippen LogP contribution in [0.5, 0.6) is 11.5 Å². The van der Waals surface area contributed by atoms with Gasteiger partial charge in [-0.15, -0.1) is 0 Å². The van der Waals surface area contributed by atoms with E-state index in [-0.39, 0.29) is 0 Å². The zero-order valence-electron chi connectivity index (χ0n) is 12.8. The predicted octanol–water partition coefficient (Wildman–Crippen LogP) is 4.59.